The third-order valence-electron chi connectivity index (χ3n) is 4.29. The molecule has 1 amide bonds. The van der Waals surface area contributed by atoms with Gasteiger partial charge in [-0.25, -0.2) is 21.9 Å². The number of rotatable bonds is 5. The van der Waals surface area contributed by atoms with Crippen LogP contribution >= 0.6 is 0 Å². The number of benzene rings is 2. The minimum absolute atomic E-state index is 0.00210. The molecule has 1 atom stereocenters. The smallest absolute Gasteiger partial charge is 0.241 e. The Bertz CT molecular complexity index is 930. The molecule has 0 radical (unpaired) electrons. The Hall–Kier alpha value is -2.32. The van der Waals surface area contributed by atoms with Crippen LogP contribution < -0.4 is 9.62 Å². The maximum absolute atomic E-state index is 13.8. The third-order valence-corrected chi connectivity index (χ3v) is 5.85. The molecule has 5 nitrogen and oxygen atoms in total. The maximum Gasteiger partial charge on any atom is 0.241 e. The lowest BCUT2D eigenvalue weighted by Gasteiger charge is -2.18. The highest BCUT2D eigenvalue weighted by Gasteiger charge is 2.24. The van der Waals surface area contributed by atoms with Crippen LogP contribution in [0.5, 0.6) is 0 Å². The average molecular weight is 380 g/mol. The number of amides is 1. The van der Waals surface area contributed by atoms with Crippen molar-refractivity contribution in [3.63, 3.8) is 0 Å². The number of anilines is 1. The van der Waals surface area contributed by atoms with E-state index in [1.54, 1.807) is 17.0 Å². The highest BCUT2D eigenvalue weighted by molar-refractivity contribution is 7.89. The Balaban J connectivity index is 1.78. The SMILES string of the molecule is CC(NS(=O)(=O)c1ccc(N2CCCC2=O)cc1)c1ccc(F)cc1F. The summed E-state index contributed by atoms with van der Waals surface area (Å²) in [7, 11) is -3.90. The molecule has 1 unspecified atom stereocenters. The first kappa shape index (κ1) is 18.5. The van der Waals surface area contributed by atoms with Gasteiger partial charge in [0.05, 0.1) is 4.90 Å². The second-order valence-electron chi connectivity index (χ2n) is 6.15. The summed E-state index contributed by atoms with van der Waals surface area (Å²) in [4.78, 5) is 13.4. The Kier molecular flexibility index (Phi) is 5.06. The van der Waals surface area contributed by atoms with E-state index in [9.17, 15) is 22.0 Å². The number of hydrogen-bond donors (Lipinski definition) is 1. The van der Waals surface area contributed by atoms with Gasteiger partial charge in [-0.1, -0.05) is 6.07 Å². The van der Waals surface area contributed by atoms with Crippen LogP contribution in [-0.4, -0.2) is 20.9 Å². The monoisotopic (exact) mass is 380 g/mol. The lowest BCUT2D eigenvalue weighted by atomic mass is 10.1. The van der Waals surface area contributed by atoms with E-state index in [1.165, 1.54) is 25.1 Å². The molecule has 1 N–H and O–H groups in total. The molecule has 0 bridgehead atoms. The summed E-state index contributed by atoms with van der Waals surface area (Å²) in [6, 6.07) is 8.06. The molecule has 3 rings (SSSR count). The minimum Gasteiger partial charge on any atom is -0.312 e. The zero-order valence-electron chi connectivity index (χ0n) is 14.1. The van der Waals surface area contributed by atoms with Crippen LogP contribution in [0.4, 0.5) is 14.5 Å². The first-order valence-corrected chi connectivity index (χ1v) is 9.64. The Morgan fingerprint density at radius 3 is 2.38 bits per heavy atom. The summed E-state index contributed by atoms with van der Waals surface area (Å²) < 4.78 is 54.2. The van der Waals surface area contributed by atoms with E-state index in [0.29, 0.717) is 24.7 Å². The second kappa shape index (κ2) is 7.13. The van der Waals surface area contributed by atoms with E-state index in [-0.39, 0.29) is 16.4 Å². The van der Waals surface area contributed by atoms with Gasteiger partial charge in [-0.05, 0) is 43.7 Å². The molecule has 2 aromatic rings. The number of nitrogens with zero attached hydrogens (tertiary/aromatic N) is 1. The molecule has 1 aliphatic heterocycles. The van der Waals surface area contributed by atoms with E-state index in [0.717, 1.165) is 12.5 Å². The molecule has 26 heavy (non-hydrogen) atoms. The molecule has 0 aromatic heterocycles. The van der Waals surface area contributed by atoms with Crippen LogP contribution in [0.2, 0.25) is 0 Å². The zero-order valence-corrected chi connectivity index (χ0v) is 14.9. The number of nitrogens with one attached hydrogen (secondary N) is 1. The standard InChI is InChI=1S/C18H18F2N2O3S/c1-12(16-9-4-13(19)11-17(16)20)21-26(24,25)15-7-5-14(6-8-15)22-10-2-3-18(22)23/h4-9,11-12,21H,2-3,10H2,1H3. The Morgan fingerprint density at radius 2 is 1.81 bits per heavy atom. The van der Waals surface area contributed by atoms with E-state index in [4.69, 9.17) is 0 Å². The van der Waals surface area contributed by atoms with Crippen molar-refractivity contribution in [1.29, 1.82) is 0 Å². The number of hydrogen-bond acceptors (Lipinski definition) is 3. The van der Waals surface area contributed by atoms with Crippen molar-refractivity contribution in [2.24, 2.45) is 0 Å². The number of sulfonamides is 1. The van der Waals surface area contributed by atoms with Gasteiger partial charge in [0.25, 0.3) is 0 Å². The Labute approximate surface area is 150 Å². The van der Waals surface area contributed by atoms with Gasteiger partial charge in [-0.15, -0.1) is 0 Å². The molecule has 0 spiro atoms. The van der Waals surface area contributed by atoms with E-state index in [1.807, 2.05) is 0 Å². The highest BCUT2D eigenvalue weighted by Crippen LogP contribution is 2.24. The number of carbonyl (C=O) groups is 1. The molecule has 2 aromatic carbocycles. The first-order chi connectivity index (χ1) is 12.3. The molecule has 1 heterocycles. The zero-order chi connectivity index (χ0) is 18.9. The van der Waals surface area contributed by atoms with Gasteiger partial charge in [-0.3, -0.25) is 4.79 Å². The summed E-state index contributed by atoms with van der Waals surface area (Å²) in [6.07, 6.45) is 1.27. The van der Waals surface area contributed by atoms with Crippen LogP contribution in [0.25, 0.3) is 0 Å². The van der Waals surface area contributed by atoms with Gasteiger partial charge in [0.1, 0.15) is 11.6 Å². The molecule has 0 aliphatic carbocycles. The minimum atomic E-state index is -3.90. The van der Waals surface area contributed by atoms with Crippen molar-refractivity contribution in [3.8, 4) is 0 Å². The predicted octanol–water partition coefficient (Wildman–Crippen LogP) is 3.13. The van der Waals surface area contributed by atoms with Gasteiger partial charge >= 0.3 is 0 Å². The molecular formula is C18H18F2N2O3S. The molecule has 8 heteroatoms. The topological polar surface area (TPSA) is 66.5 Å². The van der Waals surface area contributed by atoms with Gasteiger partial charge < -0.3 is 4.90 Å². The fourth-order valence-corrected chi connectivity index (χ4v) is 4.17. The predicted molar refractivity (Wildman–Crippen MR) is 93.1 cm³/mol. The second-order valence-corrected chi connectivity index (χ2v) is 7.87. The lowest BCUT2D eigenvalue weighted by Crippen LogP contribution is -2.28. The fourth-order valence-electron chi connectivity index (χ4n) is 2.94. The molecular weight excluding hydrogens is 362 g/mol. The molecule has 1 aliphatic rings. The van der Waals surface area contributed by atoms with E-state index < -0.39 is 27.7 Å². The van der Waals surface area contributed by atoms with Crippen LogP contribution in [-0.2, 0) is 14.8 Å². The largest absolute Gasteiger partial charge is 0.312 e. The number of carbonyl (C=O) groups excluding carboxylic acids is 1. The van der Waals surface area contributed by atoms with Gasteiger partial charge in [-0.2, -0.15) is 0 Å². The quantitative estimate of drug-likeness (QED) is 0.867. The van der Waals surface area contributed by atoms with Crippen LogP contribution in [0.15, 0.2) is 47.4 Å². The summed E-state index contributed by atoms with van der Waals surface area (Å²) in [5, 5.41) is 0. The van der Waals surface area contributed by atoms with Crippen molar-refractivity contribution in [2.45, 2.75) is 30.7 Å². The first-order valence-electron chi connectivity index (χ1n) is 8.15. The summed E-state index contributed by atoms with van der Waals surface area (Å²) in [5.74, 6) is -1.53. The molecule has 1 saturated heterocycles. The van der Waals surface area contributed by atoms with Gasteiger partial charge in [0.2, 0.25) is 15.9 Å². The normalized spacial score (nSPS) is 16.1. The van der Waals surface area contributed by atoms with E-state index >= 15 is 0 Å². The molecule has 138 valence electrons. The average Bonchev–Trinajstić information content (AvgIpc) is 3.00. The Morgan fingerprint density at radius 1 is 1.12 bits per heavy atom. The van der Waals surface area contributed by atoms with Crippen LogP contribution in [0.3, 0.4) is 0 Å². The molecule has 1 fully saturated rings. The van der Waals surface area contributed by atoms with Crippen molar-refractivity contribution in [1.82, 2.24) is 4.72 Å². The third kappa shape index (κ3) is 3.76. The van der Waals surface area contributed by atoms with Gasteiger partial charge in [0, 0.05) is 36.3 Å². The van der Waals surface area contributed by atoms with Crippen LogP contribution in [0, 0.1) is 11.6 Å². The lowest BCUT2D eigenvalue weighted by molar-refractivity contribution is -0.117. The van der Waals surface area contributed by atoms with Crippen molar-refractivity contribution < 1.29 is 22.0 Å². The highest BCUT2D eigenvalue weighted by atomic mass is 32.2. The fraction of sp³-hybridized carbons (Fsp3) is 0.278. The van der Waals surface area contributed by atoms with Crippen molar-refractivity contribution in [2.75, 3.05) is 11.4 Å². The maximum atomic E-state index is 13.8. The summed E-state index contributed by atoms with van der Waals surface area (Å²) in [6.45, 7) is 2.09. The summed E-state index contributed by atoms with van der Waals surface area (Å²) >= 11 is 0. The van der Waals surface area contributed by atoms with Crippen molar-refractivity contribution >= 4 is 21.6 Å². The van der Waals surface area contributed by atoms with Gasteiger partial charge in [0.15, 0.2) is 0 Å². The van der Waals surface area contributed by atoms with Crippen LogP contribution in [0.1, 0.15) is 31.4 Å². The van der Waals surface area contributed by atoms with Crippen molar-refractivity contribution in [3.05, 3.63) is 59.7 Å². The number of halogens is 2. The summed E-state index contributed by atoms with van der Waals surface area (Å²) in [5.41, 5.74) is 0.693. The van der Waals surface area contributed by atoms with E-state index in [2.05, 4.69) is 4.72 Å². The molecule has 0 saturated carbocycles.